The summed E-state index contributed by atoms with van der Waals surface area (Å²) in [7, 11) is 0. The zero-order valence-electron chi connectivity index (χ0n) is 53.9. The van der Waals surface area contributed by atoms with Crippen LogP contribution in [0.5, 0.6) is 0 Å². The molecule has 0 radical (unpaired) electrons. The van der Waals surface area contributed by atoms with Gasteiger partial charge in [0.15, 0.2) is 6.10 Å². The second-order valence-corrected chi connectivity index (χ2v) is 22.3. The summed E-state index contributed by atoms with van der Waals surface area (Å²) in [5.74, 6) is -0.917. The topological polar surface area (TPSA) is 78.9 Å². The number of hydrogen-bond donors (Lipinski definition) is 0. The van der Waals surface area contributed by atoms with Gasteiger partial charge >= 0.3 is 17.9 Å². The molecule has 0 bridgehead atoms. The Labute approximate surface area is 512 Å². The molecule has 6 heteroatoms. The molecule has 0 spiro atoms. The van der Waals surface area contributed by atoms with Crippen LogP contribution in [0.25, 0.3) is 0 Å². The summed E-state index contributed by atoms with van der Waals surface area (Å²) >= 11 is 0. The van der Waals surface area contributed by atoms with Crippen molar-refractivity contribution in [1.82, 2.24) is 0 Å². The van der Waals surface area contributed by atoms with Crippen molar-refractivity contribution in [2.45, 2.75) is 309 Å². The number of esters is 3. The molecule has 0 saturated carbocycles. The van der Waals surface area contributed by atoms with Crippen molar-refractivity contribution < 1.29 is 28.6 Å². The fourth-order valence-electron chi connectivity index (χ4n) is 9.17. The van der Waals surface area contributed by atoms with E-state index in [1.165, 1.54) is 116 Å². The number of allylic oxidation sites excluding steroid dienone is 24. The quantitative estimate of drug-likeness (QED) is 0.0261. The lowest BCUT2D eigenvalue weighted by Gasteiger charge is -2.18. The van der Waals surface area contributed by atoms with E-state index in [4.69, 9.17) is 14.2 Å². The van der Waals surface area contributed by atoms with Crippen molar-refractivity contribution in [3.63, 3.8) is 0 Å². The molecule has 0 aromatic carbocycles. The number of rotatable bonds is 61. The molecule has 0 rings (SSSR count). The molecule has 0 amide bonds. The largest absolute Gasteiger partial charge is 0.462 e. The van der Waals surface area contributed by atoms with Gasteiger partial charge in [-0.25, -0.2) is 0 Å². The number of hydrogen-bond acceptors (Lipinski definition) is 6. The van der Waals surface area contributed by atoms with E-state index in [2.05, 4.69) is 167 Å². The molecule has 0 aromatic heterocycles. The summed E-state index contributed by atoms with van der Waals surface area (Å²) in [5.41, 5.74) is 0. The first-order chi connectivity index (χ1) is 41.0. The molecule has 0 aliphatic rings. The molecule has 83 heavy (non-hydrogen) atoms. The number of ether oxygens (including phenoxy) is 3. The van der Waals surface area contributed by atoms with Gasteiger partial charge in [-0.3, -0.25) is 14.4 Å². The van der Waals surface area contributed by atoms with Crippen LogP contribution in [0, 0.1) is 0 Å². The van der Waals surface area contributed by atoms with Crippen LogP contribution in [0.3, 0.4) is 0 Å². The molecule has 0 aliphatic heterocycles. The Morgan fingerprint density at radius 1 is 0.253 bits per heavy atom. The zero-order chi connectivity index (χ0) is 59.9. The highest BCUT2D eigenvalue weighted by Crippen LogP contribution is 2.15. The lowest BCUT2D eigenvalue weighted by Crippen LogP contribution is -2.30. The van der Waals surface area contributed by atoms with E-state index >= 15 is 0 Å². The molecule has 0 saturated heterocycles. The zero-order valence-corrected chi connectivity index (χ0v) is 53.9. The average Bonchev–Trinajstić information content (AvgIpc) is 3.49. The third-order valence-corrected chi connectivity index (χ3v) is 14.3. The normalized spacial score (nSPS) is 13.0. The van der Waals surface area contributed by atoms with Crippen molar-refractivity contribution in [1.29, 1.82) is 0 Å². The third kappa shape index (κ3) is 68.0. The van der Waals surface area contributed by atoms with Crippen LogP contribution in [-0.2, 0) is 28.6 Å². The molecule has 470 valence electrons. The molecule has 0 aromatic rings. The van der Waals surface area contributed by atoms with Crippen LogP contribution in [-0.4, -0.2) is 37.2 Å². The first-order valence-electron chi connectivity index (χ1n) is 34.3. The van der Waals surface area contributed by atoms with Gasteiger partial charge in [-0.2, -0.15) is 0 Å². The van der Waals surface area contributed by atoms with Gasteiger partial charge in [-0.05, 0) is 148 Å². The smallest absolute Gasteiger partial charge is 0.306 e. The monoisotopic (exact) mass is 1150 g/mol. The van der Waals surface area contributed by atoms with Gasteiger partial charge in [0.1, 0.15) is 13.2 Å². The summed E-state index contributed by atoms with van der Waals surface area (Å²) in [4.78, 5) is 38.3. The minimum atomic E-state index is -0.796. The SMILES string of the molecule is CC/C=C\C/C=C\C/C=C\C/C=C\C/C=C\C/C=C\C/C=C\C/C=C\C/C=C\CCCCCCCCCC(=O)OCC(COC(=O)CCCCCCC/C=C\CCCCC)OC(=O)CCCCCCCCC/C=C\C/C=C\CCCCCC. The Morgan fingerprint density at radius 3 is 0.771 bits per heavy atom. The van der Waals surface area contributed by atoms with Gasteiger partial charge < -0.3 is 14.2 Å². The Hall–Kier alpha value is -4.71. The highest BCUT2D eigenvalue weighted by molar-refractivity contribution is 5.71. The Morgan fingerprint density at radius 2 is 0.470 bits per heavy atom. The average molecular weight is 1150 g/mol. The van der Waals surface area contributed by atoms with Gasteiger partial charge in [0.05, 0.1) is 0 Å². The summed E-state index contributed by atoms with van der Waals surface area (Å²) < 4.78 is 16.9. The molecular weight excluding hydrogens is 1020 g/mol. The standard InChI is InChI=1S/C77H126O6/c1-4-7-10-13-16-19-22-25-27-29-31-32-33-34-35-36-37-38-39-40-41-42-43-44-45-46-47-49-50-52-55-58-61-64-67-70-76(79)82-73-74(72-81-75(78)69-66-63-60-57-54-24-21-18-15-12-9-6-3)83-77(80)71-68-65-62-59-56-53-51-48-30-28-26-23-20-17-14-11-8-5-2/h7,10,16,18-21,23,25,27-28,30-32,34-35,37-38,40-41,43-44,46-47,74H,4-6,8-9,11-15,17,22,24,26,29,33,36,39,42,45,48-73H2,1-3H3/b10-7-,19-16-,21-18-,23-20-,27-25-,30-28-,32-31-,35-34-,38-37-,41-40-,44-43-,47-46-. The van der Waals surface area contributed by atoms with Gasteiger partial charge in [0.2, 0.25) is 0 Å². The van der Waals surface area contributed by atoms with Gasteiger partial charge in [-0.1, -0.05) is 282 Å². The van der Waals surface area contributed by atoms with Crippen molar-refractivity contribution >= 4 is 17.9 Å². The first-order valence-corrected chi connectivity index (χ1v) is 34.3. The summed E-state index contributed by atoms with van der Waals surface area (Å²) in [6, 6.07) is 0. The minimum Gasteiger partial charge on any atom is -0.462 e. The number of carbonyl (C=O) groups is 3. The molecule has 0 aliphatic carbocycles. The van der Waals surface area contributed by atoms with Crippen LogP contribution < -0.4 is 0 Å². The third-order valence-electron chi connectivity index (χ3n) is 14.3. The van der Waals surface area contributed by atoms with Crippen LogP contribution in [0.15, 0.2) is 146 Å². The molecule has 1 atom stereocenters. The van der Waals surface area contributed by atoms with E-state index in [1.54, 1.807) is 0 Å². The molecular formula is C77H126O6. The lowest BCUT2D eigenvalue weighted by molar-refractivity contribution is -0.167. The molecule has 1 unspecified atom stereocenters. The van der Waals surface area contributed by atoms with E-state index in [9.17, 15) is 14.4 Å². The molecule has 0 N–H and O–H groups in total. The highest BCUT2D eigenvalue weighted by atomic mass is 16.6. The van der Waals surface area contributed by atoms with Crippen LogP contribution in [0.1, 0.15) is 303 Å². The molecule has 0 heterocycles. The summed E-state index contributed by atoms with van der Waals surface area (Å²) in [5, 5.41) is 0. The maximum absolute atomic E-state index is 12.9. The Kier molecular flexibility index (Phi) is 65.8. The molecule has 6 nitrogen and oxygen atoms in total. The second-order valence-electron chi connectivity index (χ2n) is 22.3. The Bertz CT molecular complexity index is 1800. The van der Waals surface area contributed by atoms with Crippen molar-refractivity contribution in [2.75, 3.05) is 13.2 Å². The van der Waals surface area contributed by atoms with Crippen LogP contribution in [0.4, 0.5) is 0 Å². The van der Waals surface area contributed by atoms with E-state index in [1.807, 2.05) is 0 Å². The first kappa shape index (κ1) is 78.3. The fourth-order valence-corrected chi connectivity index (χ4v) is 9.17. The summed E-state index contributed by atoms with van der Waals surface area (Å²) in [6.45, 7) is 6.47. The van der Waals surface area contributed by atoms with Crippen molar-refractivity contribution in [3.8, 4) is 0 Å². The second kappa shape index (κ2) is 69.8. The van der Waals surface area contributed by atoms with Crippen LogP contribution in [0.2, 0.25) is 0 Å². The predicted octanol–water partition coefficient (Wildman–Crippen LogP) is 23.9. The summed E-state index contributed by atoms with van der Waals surface area (Å²) in [6.07, 6.45) is 100. The Balaban J connectivity index is 4.29. The fraction of sp³-hybridized carbons (Fsp3) is 0.649. The number of unbranched alkanes of at least 4 members (excludes halogenated alkanes) is 26. The van der Waals surface area contributed by atoms with Gasteiger partial charge in [0, 0.05) is 19.3 Å². The highest BCUT2D eigenvalue weighted by Gasteiger charge is 2.19. The minimum absolute atomic E-state index is 0.0918. The van der Waals surface area contributed by atoms with Gasteiger partial charge in [0.25, 0.3) is 0 Å². The van der Waals surface area contributed by atoms with Crippen molar-refractivity contribution in [3.05, 3.63) is 146 Å². The van der Waals surface area contributed by atoms with E-state index in [-0.39, 0.29) is 31.1 Å². The molecule has 0 fully saturated rings. The number of carbonyl (C=O) groups excluding carboxylic acids is 3. The van der Waals surface area contributed by atoms with Crippen molar-refractivity contribution in [2.24, 2.45) is 0 Å². The van der Waals surface area contributed by atoms with Gasteiger partial charge in [-0.15, -0.1) is 0 Å². The van der Waals surface area contributed by atoms with E-state index in [0.29, 0.717) is 19.3 Å². The van der Waals surface area contributed by atoms with E-state index in [0.717, 1.165) is 148 Å². The maximum atomic E-state index is 12.9. The predicted molar refractivity (Wildman–Crippen MR) is 362 cm³/mol. The maximum Gasteiger partial charge on any atom is 0.306 e. The van der Waals surface area contributed by atoms with E-state index < -0.39 is 6.10 Å². The lowest BCUT2D eigenvalue weighted by atomic mass is 10.1. The van der Waals surface area contributed by atoms with Crippen LogP contribution >= 0.6 is 0 Å².